The zero-order chi connectivity index (χ0) is 13.8. The van der Waals surface area contributed by atoms with Crippen molar-refractivity contribution in [1.29, 1.82) is 0 Å². The van der Waals surface area contributed by atoms with Crippen LogP contribution >= 0.6 is 0 Å². The Bertz CT molecular complexity index is 541. The fraction of sp³-hybridized carbons (Fsp3) is 0.235. The van der Waals surface area contributed by atoms with E-state index in [2.05, 4.69) is 29.4 Å². The van der Waals surface area contributed by atoms with Crippen LogP contribution in [0.1, 0.15) is 23.5 Å². The second-order valence-electron chi connectivity index (χ2n) is 4.95. The molecule has 0 bridgehead atoms. The molecule has 0 saturated heterocycles. The van der Waals surface area contributed by atoms with E-state index in [-0.39, 0.29) is 18.6 Å². The lowest BCUT2D eigenvalue weighted by Gasteiger charge is -2.17. The van der Waals surface area contributed by atoms with Gasteiger partial charge in [0.15, 0.2) is 6.10 Å². The molecule has 20 heavy (non-hydrogen) atoms. The average molecular weight is 267 g/mol. The van der Waals surface area contributed by atoms with E-state index < -0.39 is 0 Å². The Morgan fingerprint density at radius 1 is 1.00 bits per heavy atom. The van der Waals surface area contributed by atoms with Crippen LogP contribution in [0.2, 0.25) is 0 Å². The number of oxime groups is 1. The first-order valence-corrected chi connectivity index (χ1v) is 6.82. The minimum atomic E-state index is -0.208. The van der Waals surface area contributed by atoms with Crippen molar-refractivity contribution >= 4 is 5.71 Å². The highest BCUT2D eigenvalue weighted by Gasteiger charge is 2.28. The lowest BCUT2D eigenvalue weighted by molar-refractivity contribution is 0.0390. The third kappa shape index (κ3) is 2.58. The van der Waals surface area contributed by atoms with Gasteiger partial charge in [0, 0.05) is 6.42 Å². The standard InChI is InChI=1S/C17H17NO2/c19-12-15-11-16(18-20-15)17(13-7-3-1-4-8-13)14-9-5-2-6-10-14/h1-10,15,17,19H,11-12H2. The predicted molar refractivity (Wildman–Crippen MR) is 78.7 cm³/mol. The lowest BCUT2D eigenvalue weighted by Crippen LogP contribution is -2.17. The van der Waals surface area contributed by atoms with Crippen LogP contribution < -0.4 is 0 Å². The molecule has 1 aliphatic heterocycles. The Kier molecular flexibility index (Phi) is 3.79. The summed E-state index contributed by atoms with van der Waals surface area (Å²) < 4.78 is 0. The zero-order valence-electron chi connectivity index (χ0n) is 11.1. The van der Waals surface area contributed by atoms with E-state index in [0.717, 1.165) is 5.71 Å². The van der Waals surface area contributed by atoms with Gasteiger partial charge in [-0.2, -0.15) is 0 Å². The second kappa shape index (κ2) is 5.88. The molecule has 1 aliphatic rings. The Labute approximate surface area is 118 Å². The summed E-state index contributed by atoms with van der Waals surface area (Å²) in [6, 6.07) is 20.6. The summed E-state index contributed by atoms with van der Waals surface area (Å²) in [6.45, 7) is 0.00327. The number of rotatable bonds is 4. The molecule has 0 saturated carbocycles. The maximum absolute atomic E-state index is 9.21. The van der Waals surface area contributed by atoms with Gasteiger partial charge in [0.2, 0.25) is 0 Å². The SMILES string of the molecule is OCC1CC(C(c2ccccc2)c2ccccc2)=NO1. The Balaban J connectivity index is 1.97. The summed E-state index contributed by atoms with van der Waals surface area (Å²) in [5.74, 6) is 0.0916. The van der Waals surface area contributed by atoms with Crippen molar-refractivity contribution in [3.63, 3.8) is 0 Å². The fourth-order valence-electron chi connectivity index (χ4n) is 2.59. The smallest absolute Gasteiger partial charge is 0.155 e. The van der Waals surface area contributed by atoms with Gasteiger partial charge >= 0.3 is 0 Å². The highest BCUT2D eigenvalue weighted by Crippen LogP contribution is 2.30. The molecule has 0 radical (unpaired) electrons. The molecule has 0 fully saturated rings. The average Bonchev–Trinajstić information content (AvgIpc) is 2.98. The Hall–Kier alpha value is -2.13. The molecule has 1 unspecified atom stereocenters. The van der Waals surface area contributed by atoms with Crippen LogP contribution in [0.25, 0.3) is 0 Å². The first-order chi connectivity index (χ1) is 9.88. The molecule has 2 aromatic rings. The summed E-state index contributed by atoms with van der Waals surface area (Å²) in [4.78, 5) is 5.28. The molecule has 102 valence electrons. The summed E-state index contributed by atoms with van der Waals surface area (Å²) in [6.07, 6.45) is 0.463. The molecule has 3 heteroatoms. The molecule has 0 aromatic heterocycles. The summed E-state index contributed by atoms with van der Waals surface area (Å²) in [7, 11) is 0. The van der Waals surface area contributed by atoms with Crippen LogP contribution in [0, 0.1) is 0 Å². The first kappa shape index (κ1) is 12.9. The number of nitrogens with zero attached hydrogens (tertiary/aromatic N) is 1. The lowest BCUT2D eigenvalue weighted by atomic mass is 9.85. The number of aliphatic hydroxyl groups excluding tert-OH is 1. The molecule has 1 N–H and O–H groups in total. The molecule has 3 nitrogen and oxygen atoms in total. The summed E-state index contributed by atoms with van der Waals surface area (Å²) >= 11 is 0. The van der Waals surface area contributed by atoms with Gasteiger partial charge in [0.1, 0.15) is 0 Å². The topological polar surface area (TPSA) is 41.8 Å². The monoisotopic (exact) mass is 267 g/mol. The van der Waals surface area contributed by atoms with Crippen LogP contribution in [0.5, 0.6) is 0 Å². The van der Waals surface area contributed by atoms with E-state index in [1.54, 1.807) is 0 Å². The van der Waals surface area contributed by atoms with Gasteiger partial charge in [0.25, 0.3) is 0 Å². The van der Waals surface area contributed by atoms with Crippen molar-refractivity contribution in [3.8, 4) is 0 Å². The third-order valence-corrected chi connectivity index (χ3v) is 3.56. The van der Waals surface area contributed by atoms with E-state index in [4.69, 9.17) is 4.84 Å². The number of aliphatic hydroxyl groups is 1. The van der Waals surface area contributed by atoms with Crippen molar-refractivity contribution in [3.05, 3.63) is 71.8 Å². The minimum Gasteiger partial charge on any atom is -0.392 e. The van der Waals surface area contributed by atoms with E-state index >= 15 is 0 Å². The van der Waals surface area contributed by atoms with Crippen molar-refractivity contribution in [1.82, 2.24) is 0 Å². The van der Waals surface area contributed by atoms with E-state index in [0.29, 0.717) is 6.42 Å². The van der Waals surface area contributed by atoms with Crippen molar-refractivity contribution in [2.75, 3.05) is 6.61 Å². The Morgan fingerprint density at radius 2 is 1.55 bits per heavy atom. The molecule has 1 atom stereocenters. The van der Waals surface area contributed by atoms with E-state index in [1.165, 1.54) is 11.1 Å². The highest BCUT2D eigenvalue weighted by molar-refractivity contribution is 5.94. The summed E-state index contributed by atoms with van der Waals surface area (Å²) in [5, 5.41) is 13.4. The van der Waals surface area contributed by atoms with Gasteiger partial charge in [-0.1, -0.05) is 65.8 Å². The summed E-state index contributed by atoms with van der Waals surface area (Å²) in [5.41, 5.74) is 3.36. The number of hydrogen-bond acceptors (Lipinski definition) is 3. The van der Waals surface area contributed by atoms with Crippen molar-refractivity contribution < 1.29 is 9.94 Å². The quantitative estimate of drug-likeness (QED) is 0.925. The normalized spacial score (nSPS) is 17.9. The van der Waals surface area contributed by atoms with Crippen molar-refractivity contribution in [2.24, 2.45) is 5.16 Å². The van der Waals surface area contributed by atoms with Crippen LogP contribution in [0.15, 0.2) is 65.8 Å². The van der Waals surface area contributed by atoms with Gasteiger partial charge < -0.3 is 9.94 Å². The maximum Gasteiger partial charge on any atom is 0.155 e. The van der Waals surface area contributed by atoms with Gasteiger partial charge in [0.05, 0.1) is 18.2 Å². The molecular formula is C17H17NO2. The molecule has 0 spiro atoms. The molecule has 0 aliphatic carbocycles. The molecule has 1 heterocycles. The van der Waals surface area contributed by atoms with Crippen LogP contribution in [-0.4, -0.2) is 23.5 Å². The van der Waals surface area contributed by atoms with Crippen LogP contribution in [0.4, 0.5) is 0 Å². The molecule has 0 amide bonds. The second-order valence-corrected chi connectivity index (χ2v) is 4.95. The molecule has 2 aromatic carbocycles. The number of benzene rings is 2. The molecule has 3 rings (SSSR count). The van der Waals surface area contributed by atoms with E-state index in [9.17, 15) is 5.11 Å². The molecular weight excluding hydrogens is 250 g/mol. The van der Waals surface area contributed by atoms with E-state index in [1.807, 2.05) is 36.4 Å². The van der Waals surface area contributed by atoms with Gasteiger partial charge in [-0.05, 0) is 11.1 Å². The van der Waals surface area contributed by atoms with Crippen LogP contribution in [-0.2, 0) is 4.84 Å². The highest BCUT2D eigenvalue weighted by atomic mass is 16.6. The van der Waals surface area contributed by atoms with Gasteiger partial charge in [-0.3, -0.25) is 0 Å². The largest absolute Gasteiger partial charge is 0.392 e. The third-order valence-electron chi connectivity index (χ3n) is 3.56. The Morgan fingerprint density at radius 3 is 2.00 bits per heavy atom. The predicted octanol–water partition coefficient (Wildman–Crippen LogP) is 2.96. The maximum atomic E-state index is 9.21. The zero-order valence-corrected chi connectivity index (χ0v) is 11.1. The van der Waals surface area contributed by atoms with Crippen LogP contribution in [0.3, 0.4) is 0 Å². The minimum absolute atomic E-state index is 0.00327. The van der Waals surface area contributed by atoms with Gasteiger partial charge in [-0.25, -0.2) is 0 Å². The van der Waals surface area contributed by atoms with Gasteiger partial charge in [-0.15, -0.1) is 0 Å². The van der Waals surface area contributed by atoms with Crippen molar-refractivity contribution in [2.45, 2.75) is 18.4 Å². The number of hydrogen-bond donors (Lipinski definition) is 1. The fourth-order valence-corrected chi connectivity index (χ4v) is 2.59. The first-order valence-electron chi connectivity index (χ1n) is 6.82.